The van der Waals surface area contributed by atoms with Gasteiger partial charge in [0.1, 0.15) is 12.4 Å². The second-order valence-electron chi connectivity index (χ2n) is 7.43. The van der Waals surface area contributed by atoms with Crippen molar-refractivity contribution in [1.82, 2.24) is 9.80 Å². The minimum absolute atomic E-state index is 0.000185. The van der Waals surface area contributed by atoms with Gasteiger partial charge in [-0.25, -0.2) is 0 Å². The van der Waals surface area contributed by atoms with E-state index >= 15 is 0 Å². The van der Waals surface area contributed by atoms with E-state index in [0.717, 1.165) is 31.0 Å². The maximum absolute atomic E-state index is 13.0. The predicted molar refractivity (Wildman–Crippen MR) is 119 cm³/mol. The van der Waals surface area contributed by atoms with Crippen molar-refractivity contribution in [2.75, 3.05) is 33.3 Å². The molecule has 0 spiro atoms. The number of hydrogen-bond acceptors (Lipinski definition) is 5. The first-order valence-electron chi connectivity index (χ1n) is 10.2. The fraction of sp³-hybridized carbons (Fsp3) is 0.292. The smallest absolute Gasteiger partial charge is 0.254 e. The minimum atomic E-state index is 0.000185. The number of hydrogen-bond donors (Lipinski definition) is 0. The number of carbonyl (C=O) groups is 1. The zero-order valence-electron chi connectivity index (χ0n) is 17.4. The van der Waals surface area contributed by atoms with Crippen LogP contribution in [0.1, 0.15) is 21.7 Å². The summed E-state index contributed by atoms with van der Waals surface area (Å²) in [6, 6.07) is 16.7. The summed E-state index contributed by atoms with van der Waals surface area (Å²) in [5.74, 6) is 2.08. The lowest BCUT2D eigenvalue weighted by Crippen LogP contribution is -2.48. The highest BCUT2D eigenvalue weighted by molar-refractivity contribution is 6.30. The van der Waals surface area contributed by atoms with Gasteiger partial charge in [0.2, 0.25) is 0 Å². The molecule has 0 radical (unpaired) electrons. The largest absolute Gasteiger partial charge is 0.493 e. The number of amides is 1. The number of benzene rings is 2. The zero-order valence-corrected chi connectivity index (χ0v) is 18.2. The molecule has 3 aromatic rings. The Labute approximate surface area is 186 Å². The molecule has 162 valence electrons. The van der Waals surface area contributed by atoms with Crippen LogP contribution in [0.3, 0.4) is 0 Å². The lowest BCUT2D eigenvalue weighted by atomic mass is 10.1. The fourth-order valence-electron chi connectivity index (χ4n) is 3.58. The number of methoxy groups -OCH3 is 1. The highest BCUT2D eigenvalue weighted by atomic mass is 35.5. The van der Waals surface area contributed by atoms with Crippen LogP contribution in [0.25, 0.3) is 0 Å². The van der Waals surface area contributed by atoms with Crippen LogP contribution < -0.4 is 9.47 Å². The molecule has 0 N–H and O–H groups in total. The highest BCUT2D eigenvalue weighted by Crippen LogP contribution is 2.29. The summed E-state index contributed by atoms with van der Waals surface area (Å²) in [7, 11) is 1.58. The van der Waals surface area contributed by atoms with E-state index < -0.39 is 0 Å². The normalized spacial score (nSPS) is 14.5. The molecule has 0 atom stereocenters. The average molecular weight is 441 g/mol. The summed E-state index contributed by atoms with van der Waals surface area (Å²) < 4.78 is 16.8. The summed E-state index contributed by atoms with van der Waals surface area (Å²) in [4.78, 5) is 17.2. The van der Waals surface area contributed by atoms with Crippen LogP contribution >= 0.6 is 11.6 Å². The van der Waals surface area contributed by atoms with E-state index in [2.05, 4.69) is 4.90 Å². The summed E-state index contributed by atoms with van der Waals surface area (Å²) in [6.45, 7) is 4.13. The fourth-order valence-corrected chi connectivity index (χ4v) is 3.70. The summed E-state index contributed by atoms with van der Waals surface area (Å²) in [6.07, 6.45) is 1.69. The number of carbonyl (C=O) groups excluding carboxylic acids is 1. The molecule has 6 nitrogen and oxygen atoms in total. The third-order valence-corrected chi connectivity index (χ3v) is 5.59. The van der Waals surface area contributed by atoms with Gasteiger partial charge in [0.05, 0.1) is 19.9 Å². The Hall–Kier alpha value is -2.96. The van der Waals surface area contributed by atoms with Gasteiger partial charge < -0.3 is 18.8 Å². The van der Waals surface area contributed by atoms with E-state index in [1.165, 1.54) is 0 Å². The number of nitrogens with zero attached hydrogens (tertiary/aromatic N) is 2. The van der Waals surface area contributed by atoms with Gasteiger partial charge in [-0.2, -0.15) is 0 Å². The van der Waals surface area contributed by atoms with Gasteiger partial charge in [0.15, 0.2) is 11.5 Å². The maximum Gasteiger partial charge on any atom is 0.254 e. The Morgan fingerprint density at radius 1 is 1.03 bits per heavy atom. The van der Waals surface area contributed by atoms with Crippen LogP contribution in [0.15, 0.2) is 65.3 Å². The molecule has 1 aliphatic rings. The number of piperazine rings is 1. The molecule has 1 aliphatic heterocycles. The van der Waals surface area contributed by atoms with E-state index in [0.29, 0.717) is 41.8 Å². The number of furan rings is 1. The predicted octanol–water partition coefficient (Wildman–Crippen LogP) is 4.48. The summed E-state index contributed by atoms with van der Waals surface area (Å²) in [5.41, 5.74) is 1.59. The molecule has 1 aromatic heterocycles. The molecule has 1 saturated heterocycles. The Morgan fingerprint density at radius 2 is 1.81 bits per heavy atom. The van der Waals surface area contributed by atoms with Crippen LogP contribution in [0.5, 0.6) is 11.5 Å². The van der Waals surface area contributed by atoms with E-state index in [-0.39, 0.29) is 5.91 Å². The summed E-state index contributed by atoms with van der Waals surface area (Å²) in [5, 5.41) is 0.686. The molecule has 0 bridgehead atoms. The number of rotatable bonds is 7. The molecular formula is C24H25ClN2O4. The van der Waals surface area contributed by atoms with Gasteiger partial charge in [-0.15, -0.1) is 0 Å². The van der Waals surface area contributed by atoms with Crippen LogP contribution in [0.4, 0.5) is 0 Å². The maximum atomic E-state index is 13.0. The monoisotopic (exact) mass is 440 g/mol. The molecule has 0 aliphatic carbocycles. The average Bonchev–Trinajstić information content (AvgIpc) is 3.32. The van der Waals surface area contributed by atoms with Gasteiger partial charge in [0, 0.05) is 36.8 Å². The van der Waals surface area contributed by atoms with Crippen molar-refractivity contribution in [3.63, 3.8) is 0 Å². The van der Waals surface area contributed by atoms with Crippen LogP contribution in [-0.4, -0.2) is 49.0 Å². The topological polar surface area (TPSA) is 55.2 Å². The first kappa shape index (κ1) is 21.3. The zero-order chi connectivity index (χ0) is 21.6. The Morgan fingerprint density at radius 3 is 2.48 bits per heavy atom. The quantitative estimate of drug-likeness (QED) is 0.542. The van der Waals surface area contributed by atoms with E-state index in [1.54, 1.807) is 31.6 Å². The standard InChI is InChI=1S/C24H25ClN2O4/c1-29-23-15-19(6-9-22(23)31-17-18-4-7-20(25)8-5-18)24(28)27-12-10-26(11-13-27)16-21-3-2-14-30-21/h2-9,14-15H,10-13,16-17H2,1H3. The molecule has 2 aromatic carbocycles. The van der Waals surface area contributed by atoms with Gasteiger partial charge in [-0.3, -0.25) is 9.69 Å². The number of halogens is 1. The Kier molecular flexibility index (Phi) is 6.79. The van der Waals surface area contributed by atoms with Crippen LogP contribution in [0.2, 0.25) is 5.02 Å². The van der Waals surface area contributed by atoms with Crippen LogP contribution in [0, 0.1) is 0 Å². The summed E-state index contributed by atoms with van der Waals surface area (Å²) >= 11 is 5.92. The van der Waals surface area contributed by atoms with Crippen LogP contribution in [-0.2, 0) is 13.2 Å². The second-order valence-corrected chi connectivity index (χ2v) is 7.86. The lowest BCUT2D eigenvalue weighted by molar-refractivity contribution is 0.0620. The number of ether oxygens (including phenoxy) is 2. The molecule has 1 amide bonds. The second kappa shape index (κ2) is 9.90. The lowest BCUT2D eigenvalue weighted by Gasteiger charge is -2.34. The molecule has 7 heteroatoms. The molecule has 2 heterocycles. The van der Waals surface area contributed by atoms with Gasteiger partial charge in [0.25, 0.3) is 5.91 Å². The SMILES string of the molecule is COc1cc(C(=O)N2CCN(Cc3ccco3)CC2)ccc1OCc1ccc(Cl)cc1. The van der Waals surface area contributed by atoms with E-state index in [1.807, 2.05) is 41.3 Å². The van der Waals surface area contributed by atoms with E-state index in [9.17, 15) is 4.79 Å². The third-order valence-electron chi connectivity index (χ3n) is 5.34. The molecule has 0 unspecified atom stereocenters. The molecule has 4 rings (SSSR count). The first-order valence-corrected chi connectivity index (χ1v) is 10.6. The van der Waals surface area contributed by atoms with Crippen molar-refractivity contribution in [2.45, 2.75) is 13.2 Å². The Bertz CT molecular complexity index is 997. The van der Waals surface area contributed by atoms with E-state index in [4.69, 9.17) is 25.5 Å². The van der Waals surface area contributed by atoms with Crippen molar-refractivity contribution in [1.29, 1.82) is 0 Å². The van der Waals surface area contributed by atoms with Crippen molar-refractivity contribution in [3.05, 3.63) is 82.8 Å². The Balaban J connectivity index is 1.35. The molecule has 0 saturated carbocycles. The van der Waals surface area contributed by atoms with Crippen molar-refractivity contribution in [2.24, 2.45) is 0 Å². The first-order chi connectivity index (χ1) is 15.1. The van der Waals surface area contributed by atoms with Gasteiger partial charge in [-0.05, 0) is 48.0 Å². The van der Waals surface area contributed by atoms with Crippen molar-refractivity contribution in [3.8, 4) is 11.5 Å². The molecule has 1 fully saturated rings. The van der Waals surface area contributed by atoms with Gasteiger partial charge in [-0.1, -0.05) is 23.7 Å². The molecule has 31 heavy (non-hydrogen) atoms. The van der Waals surface area contributed by atoms with Crippen molar-refractivity contribution >= 4 is 17.5 Å². The highest BCUT2D eigenvalue weighted by Gasteiger charge is 2.23. The van der Waals surface area contributed by atoms with Crippen molar-refractivity contribution < 1.29 is 18.7 Å². The molecular weight excluding hydrogens is 416 g/mol. The third kappa shape index (κ3) is 5.40. The van der Waals surface area contributed by atoms with Gasteiger partial charge >= 0.3 is 0 Å². The minimum Gasteiger partial charge on any atom is -0.493 e.